The van der Waals surface area contributed by atoms with Crippen molar-refractivity contribution in [3.63, 3.8) is 0 Å². The van der Waals surface area contributed by atoms with Crippen molar-refractivity contribution in [1.82, 2.24) is 0 Å². The van der Waals surface area contributed by atoms with Crippen LogP contribution in [0.2, 0.25) is 0 Å². The Balaban J connectivity index is 2.24. The van der Waals surface area contributed by atoms with Gasteiger partial charge in [0.2, 0.25) is 0 Å². The molecule has 0 saturated carbocycles. The van der Waals surface area contributed by atoms with Gasteiger partial charge < -0.3 is 4.74 Å². The van der Waals surface area contributed by atoms with Crippen LogP contribution < -0.4 is 4.90 Å². The summed E-state index contributed by atoms with van der Waals surface area (Å²) in [5.41, 5.74) is 0.529. The molecule has 1 aromatic carbocycles. The van der Waals surface area contributed by atoms with E-state index in [4.69, 9.17) is 4.74 Å². The third kappa shape index (κ3) is 2.04. The standard InChI is InChI=1S/C11H11BrFNO2/c1-2-8-6-14(11(15)16-8)7-3-4-9(12)10(13)5-7/h3-5,8H,2,6H2,1H3. The molecule has 0 N–H and O–H groups in total. The van der Waals surface area contributed by atoms with E-state index in [0.717, 1.165) is 6.42 Å². The number of hydrogen-bond donors (Lipinski definition) is 0. The molecule has 3 nitrogen and oxygen atoms in total. The molecule has 1 amide bonds. The van der Waals surface area contributed by atoms with Crippen LogP contribution in [0.25, 0.3) is 0 Å². The number of hydrogen-bond acceptors (Lipinski definition) is 2. The minimum atomic E-state index is -0.409. The maximum atomic E-state index is 13.3. The molecule has 0 aromatic heterocycles. The lowest BCUT2D eigenvalue weighted by Gasteiger charge is -2.13. The Morgan fingerprint density at radius 1 is 1.62 bits per heavy atom. The zero-order valence-electron chi connectivity index (χ0n) is 8.74. The molecule has 0 spiro atoms. The molecule has 1 aliphatic rings. The van der Waals surface area contributed by atoms with Crippen LogP contribution in [0.3, 0.4) is 0 Å². The van der Waals surface area contributed by atoms with Crippen LogP contribution in [0.5, 0.6) is 0 Å². The Labute approximate surface area is 101 Å². The minimum absolute atomic E-state index is 0.0980. The summed E-state index contributed by atoms with van der Waals surface area (Å²) in [7, 11) is 0. The van der Waals surface area contributed by atoms with Crippen molar-refractivity contribution in [2.45, 2.75) is 19.4 Å². The molecule has 0 bridgehead atoms. The lowest BCUT2D eigenvalue weighted by molar-refractivity contribution is 0.139. The predicted molar refractivity (Wildman–Crippen MR) is 62.0 cm³/mol. The zero-order chi connectivity index (χ0) is 11.7. The summed E-state index contributed by atoms with van der Waals surface area (Å²) in [5.74, 6) is -0.384. The van der Waals surface area contributed by atoms with E-state index in [-0.39, 0.29) is 11.9 Å². The van der Waals surface area contributed by atoms with Crippen LogP contribution in [0, 0.1) is 5.82 Å². The second-order valence-corrected chi connectivity index (χ2v) is 4.48. The Morgan fingerprint density at radius 2 is 2.38 bits per heavy atom. The second-order valence-electron chi connectivity index (χ2n) is 3.62. The third-order valence-electron chi connectivity index (χ3n) is 2.54. The van der Waals surface area contributed by atoms with Crippen molar-refractivity contribution in [3.8, 4) is 0 Å². The first kappa shape index (κ1) is 11.4. The normalized spacial score (nSPS) is 20.1. The van der Waals surface area contributed by atoms with E-state index >= 15 is 0 Å². The van der Waals surface area contributed by atoms with Gasteiger partial charge in [-0.1, -0.05) is 6.92 Å². The molecule has 1 atom stereocenters. The van der Waals surface area contributed by atoms with Crippen molar-refractivity contribution in [2.24, 2.45) is 0 Å². The molecule has 1 heterocycles. The van der Waals surface area contributed by atoms with Gasteiger partial charge in [-0.15, -0.1) is 0 Å². The maximum absolute atomic E-state index is 13.3. The first-order chi connectivity index (χ1) is 7.61. The van der Waals surface area contributed by atoms with Gasteiger partial charge in [-0.25, -0.2) is 9.18 Å². The molecule has 0 radical (unpaired) electrons. The van der Waals surface area contributed by atoms with Crippen LogP contribution in [-0.2, 0) is 4.74 Å². The average molecular weight is 288 g/mol. The van der Waals surface area contributed by atoms with Crippen LogP contribution in [0.4, 0.5) is 14.9 Å². The van der Waals surface area contributed by atoms with Crippen LogP contribution >= 0.6 is 15.9 Å². The fourth-order valence-electron chi connectivity index (χ4n) is 1.60. The van der Waals surface area contributed by atoms with Gasteiger partial charge in [-0.3, -0.25) is 4.90 Å². The lowest BCUT2D eigenvalue weighted by atomic mass is 10.2. The summed E-state index contributed by atoms with van der Waals surface area (Å²) >= 11 is 3.07. The summed E-state index contributed by atoms with van der Waals surface area (Å²) in [6.07, 6.45) is 0.258. The molecule has 1 fully saturated rings. The highest BCUT2D eigenvalue weighted by Crippen LogP contribution is 2.26. The summed E-state index contributed by atoms with van der Waals surface area (Å²) in [5, 5.41) is 0. The molecular weight excluding hydrogens is 277 g/mol. The van der Waals surface area contributed by atoms with Crippen LogP contribution in [-0.4, -0.2) is 18.7 Å². The van der Waals surface area contributed by atoms with E-state index in [1.54, 1.807) is 12.1 Å². The smallest absolute Gasteiger partial charge is 0.414 e. The number of carbonyl (C=O) groups is 1. The first-order valence-electron chi connectivity index (χ1n) is 5.05. The number of ether oxygens (including phenoxy) is 1. The quantitative estimate of drug-likeness (QED) is 0.835. The lowest BCUT2D eigenvalue weighted by Crippen LogP contribution is -2.24. The molecule has 16 heavy (non-hydrogen) atoms. The number of nitrogens with zero attached hydrogens (tertiary/aromatic N) is 1. The second kappa shape index (κ2) is 4.41. The van der Waals surface area contributed by atoms with Crippen molar-refractivity contribution < 1.29 is 13.9 Å². The van der Waals surface area contributed by atoms with Crippen molar-refractivity contribution in [1.29, 1.82) is 0 Å². The number of halogens is 2. The summed E-state index contributed by atoms with van der Waals surface area (Å²) in [4.78, 5) is 13.0. The maximum Gasteiger partial charge on any atom is 0.414 e. The largest absolute Gasteiger partial charge is 0.444 e. The molecule has 1 aliphatic heterocycles. The summed E-state index contributed by atoms with van der Waals surface area (Å²) in [6.45, 7) is 2.43. The zero-order valence-corrected chi connectivity index (χ0v) is 10.3. The molecular formula is C11H11BrFNO2. The molecule has 1 unspecified atom stereocenters. The number of rotatable bonds is 2. The van der Waals surface area contributed by atoms with E-state index in [2.05, 4.69) is 15.9 Å². The SMILES string of the molecule is CCC1CN(c2ccc(Br)c(F)c2)C(=O)O1. The van der Waals surface area contributed by atoms with E-state index < -0.39 is 6.09 Å². The molecule has 1 aromatic rings. The first-order valence-corrected chi connectivity index (χ1v) is 5.84. The summed E-state index contributed by atoms with van der Waals surface area (Å²) < 4.78 is 18.8. The monoisotopic (exact) mass is 287 g/mol. The average Bonchev–Trinajstić information content (AvgIpc) is 2.64. The minimum Gasteiger partial charge on any atom is -0.444 e. The Bertz CT molecular complexity index is 424. The Hall–Kier alpha value is -1.10. The number of amides is 1. The number of carbonyl (C=O) groups excluding carboxylic acids is 1. The topological polar surface area (TPSA) is 29.5 Å². The highest BCUT2D eigenvalue weighted by Gasteiger charge is 2.31. The Morgan fingerprint density at radius 3 is 2.94 bits per heavy atom. The van der Waals surface area contributed by atoms with Gasteiger partial charge in [0.1, 0.15) is 11.9 Å². The van der Waals surface area contributed by atoms with Crippen molar-refractivity contribution in [2.75, 3.05) is 11.4 Å². The number of cyclic esters (lactones) is 1. The van der Waals surface area contributed by atoms with E-state index in [0.29, 0.717) is 16.7 Å². The highest BCUT2D eigenvalue weighted by molar-refractivity contribution is 9.10. The predicted octanol–water partition coefficient (Wildman–Crippen LogP) is 3.32. The van der Waals surface area contributed by atoms with Gasteiger partial charge in [0.15, 0.2) is 0 Å². The van der Waals surface area contributed by atoms with Gasteiger partial charge in [0.05, 0.1) is 16.7 Å². The van der Waals surface area contributed by atoms with Gasteiger partial charge in [0.25, 0.3) is 0 Å². The molecule has 1 saturated heterocycles. The van der Waals surface area contributed by atoms with Crippen LogP contribution in [0.1, 0.15) is 13.3 Å². The van der Waals surface area contributed by atoms with Gasteiger partial charge in [-0.05, 0) is 40.5 Å². The number of benzene rings is 1. The third-order valence-corrected chi connectivity index (χ3v) is 3.19. The molecule has 2 rings (SSSR count). The fraction of sp³-hybridized carbons (Fsp3) is 0.364. The highest BCUT2D eigenvalue weighted by atomic mass is 79.9. The number of anilines is 1. The molecule has 5 heteroatoms. The van der Waals surface area contributed by atoms with E-state index in [1.165, 1.54) is 11.0 Å². The van der Waals surface area contributed by atoms with Crippen molar-refractivity contribution >= 4 is 27.7 Å². The van der Waals surface area contributed by atoms with Gasteiger partial charge in [-0.2, -0.15) is 0 Å². The van der Waals surface area contributed by atoms with Gasteiger partial charge >= 0.3 is 6.09 Å². The summed E-state index contributed by atoms with van der Waals surface area (Å²) in [6, 6.07) is 4.59. The van der Waals surface area contributed by atoms with Crippen molar-refractivity contribution in [3.05, 3.63) is 28.5 Å². The van der Waals surface area contributed by atoms with E-state index in [9.17, 15) is 9.18 Å². The molecule has 86 valence electrons. The molecule has 0 aliphatic carbocycles. The van der Waals surface area contributed by atoms with Gasteiger partial charge in [0, 0.05) is 0 Å². The Kier molecular flexibility index (Phi) is 3.14. The van der Waals surface area contributed by atoms with Crippen LogP contribution in [0.15, 0.2) is 22.7 Å². The fourth-order valence-corrected chi connectivity index (χ4v) is 1.84. The van der Waals surface area contributed by atoms with E-state index in [1.807, 2.05) is 6.92 Å².